The highest BCUT2D eigenvalue weighted by Crippen LogP contribution is 2.45. The van der Waals surface area contributed by atoms with Gasteiger partial charge in [0.2, 0.25) is 0 Å². The number of carbonyl (C=O) groups excluding carboxylic acids is 2. The predicted octanol–water partition coefficient (Wildman–Crippen LogP) is 4.85. The minimum absolute atomic E-state index is 0.124. The first kappa shape index (κ1) is 24.5. The third-order valence-electron chi connectivity index (χ3n) is 5.53. The number of aromatic nitrogens is 1. The molecule has 0 bridgehead atoms. The van der Waals surface area contributed by atoms with Crippen LogP contribution in [0.25, 0.3) is 0 Å². The van der Waals surface area contributed by atoms with Gasteiger partial charge in [-0.2, -0.15) is 0 Å². The third kappa shape index (κ3) is 5.71. The van der Waals surface area contributed by atoms with Gasteiger partial charge in [0, 0.05) is 36.6 Å². The summed E-state index contributed by atoms with van der Waals surface area (Å²) in [6.45, 7) is 6.57. The normalized spacial score (nSPS) is 22.2. The largest absolute Gasteiger partial charge is 0.444 e. The summed E-state index contributed by atoms with van der Waals surface area (Å²) in [5, 5.41) is 6.68. The van der Waals surface area contributed by atoms with E-state index in [1.807, 2.05) is 45.0 Å². The van der Waals surface area contributed by atoms with Gasteiger partial charge in [-0.25, -0.2) is 9.78 Å². The second-order valence-electron chi connectivity index (χ2n) is 9.20. The average molecular weight is 503 g/mol. The number of rotatable bonds is 3. The first-order valence-electron chi connectivity index (χ1n) is 11.0. The lowest BCUT2D eigenvalue weighted by Crippen LogP contribution is -2.48. The number of ether oxygens (including phenoxy) is 2. The van der Waals surface area contributed by atoms with Crippen molar-refractivity contribution >= 4 is 46.2 Å². The molecule has 0 saturated carbocycles. The van der Waals surface area contributed by atoms with E-state index in [1.54, 1.807) is 12.1 Å². The maximum atomic E-state index is 12.7. The van der Waals surface area contributed by atoms with E-state index in [4.69, 9.17) is 26.1 Å². The van der Waals surface area contributed by atoms with Crippen LogP contribution in [-0.2, 0) is 15.0 Å². The summed E-state index contributed by atoms with van der Waals surface area (Å²) in [6, 6.07) is 10.8. The van der Waals surface area contributed by atoms with Crippen LogP contribution in [-0.4, -0.2) is 46.7 Å². The molecule has 2 aliphatic heterocycles. The van der Waals surface area contributed by atoms with Crippen molar-refractivity contribution in [2.24, 2.45) is 10.9 Å². The van der Waals surface area contributed by atoms with Gasteiger partial charge in [-0.3, -0.25) is 15.1 Å². The fraction of sp³-hybridized carbons (Fsp3) is 0.417. The van der Waals surface area contributed by atoms with Gasteiger partial charge < -0.3 is 14.8 Å². The predicted molar refractivity (Wildman–Crippen MR) is 134 cm³/mol. The van der Waals surface area contributed by atoms with Crippen molar-refractivity contribution in [1.82, 2.24) is 10.3 Å². The summed E-state index contributed by atoms with van der Waals surface area (Å²) in [7, 11) is 0. The van der Waals surface area contributed by atoms with Crippen molar-refractivity contribution in [3.8, 4) is 0 Å². The molecule has 1 aromatic heterocycles. The number of amides is 2. The van der Waals surface area contributed by atoms with Gasteiger partial charge in [0.1, 0.15) is 11.3 Å². The second-order valence-corrected chi connectivity index (χ2v) is 10.6. The molecule has 2 aromatic rings. The van der Waals surface area contributed by atoms with Crippen LogP contribution in [0.5, 0.6) is 0 Å². The van der Waals surface area contributed by atoms with Gasteiger partial charge in [-0.05, 0) is 50.6 Å². The minimum atomic E-state index is -0.603. The van der Waals surface area contributed by atoms with E-state index in [1.165, 1.54) is 18.0 Å². The van der Waals surface area contributed by atoms with Gasteiger partial charge in [0.05, 0.1) is 17.2 Å². The molecule has 180 valence electrons. The van der Waals surface area contributed by atoms with Crippen molar-refractivity contribution in [3.05, 3.63) is 58.9 Å². The topological polar surface area (TPSA) is 102 Å². The highest BCUT2D eigenvalue weighted by atomic mass is 35.5. The van der Waals surface area contributed by atoms with E-state index in [0.29, 0.717) is 35.5 Å². The number of aliphatic imine (C=N–C) groups is 1. The molecule has 0 aliphatic carbocycles. The summed E-state index contributed by atoms with van der Waals surface area (Å²) in [6.07, 6.45) is 1.57. The highest BCUT2D eigenvalue weighted by molar-refractivity contribution is 8.13. The number of hydrogen-bond acceptors (Lipinski definition) is 7. The fourth-order valence-electron chi connectivity index (χ4n) is 3.99. The maximum absolute atomic E-state index is 12.7. The number of pyridine rings is 1. The van der Waals surface area contributed by atoms with Crippen LogP contribution in [0.15, 0.2) is 47.6 Å². The molecule has 34 heavy (non-hydrogen) atoms. The molecule has 2 unspecified atom stereocenters. The zero-order chi connectivity index (χ0) is 24.3. The lowest BCUT2D eigenvalue weighted by atomic mass is 9.75. The van der Waals surface area contributed by atoms with E-state index >= 15 is 0 Å². The molecule has 2 N–H and O–H groups in total. The molecule has 1 aromatic carbocycles. The Morgan fingerprint density at radius 2 is 2.06 bits per heavy atom. The first-order chi connectivity index (χ1) is 16.1. The standard InChI is InChI=1S/C24H27ClN4O4S/c1-23(2,3)33-22(31)28-21-29-24(9-10-32-13-16(24)14-34-21)15-5-4-6-18(11-15)27-20(30)19-8-7-17(25)12-26-19/h4-8,11-12,16H,9-10,13-14H2,1-3H3,(H,27,30)(H,28,29,31). The van der Waals surface area contributed by atoms with Crippen molar-refractivity contribution in [3.63, 3.8) is 0 Å². The lowest BCUT2D eigenvalue weighted by Gasteiger charge is -2.44. The van der Waals surface area contributed by atoms with Crippen LogP contribution < -0.4 is 10.6 Å². The van der Waals surface area contributed by atoms with Crippen LogP contribution >= 0.6 is 23.4 Å². The van der Waals surface area contributed by atoms with Crippen molar-refractivity contribution < 1.29 is 19.1 Å². The number of thioether (sulfide) groups is 1. The first-order valence-corrected chi connectivity index (χ1v) is 12.3. The summed E-state index contributed by atoms with van der Waals surface area (Å²) < 4.78 is 11.1. The lowest BCUT2D eigenvalue weighted by molar-refractivity contribution is 0.00992. The quantitative estimate of drug-likeness (QED) is 0.622. The number of halogens is 1. The SMILES string of the molecule is CC(C)(C)OC(=O)NC1=NC2(c3cccc(NC(=O)c4ccc(Cl)cn4)c3)CCOCC2CS1. The Morgan fingerprint density at radius 3 is 2.79 bits per heavy atom. The summed E-state index contributed by atoms with van der Waals surface area (Å²) in [5.41, 5.74) is 0.676. The number of nitrogens with zero attached hydrogens (tertiary/aromatic N) is 2. The molecular weight excluding hydrogens is 476 g/mol. The number of amidine groups is 1. The number of benzene rings is 1. The van der Waals surface area contributed by atoms with Gasteiger partial charge in [-0.1, -0.05) is 35.5 Å². The molecule has 1 saturated heterocycles. The molecule has 0 radical (unpaired) electrons. The number of fused-ring (bicyclic) bond motifs is 1. The van der Waals surface area contributed by atoms with E-state index in [9.17, 15) is 9.59 Å². The molecule has 2 aliphatic rings. The number of hydrogen-bond donors (Lipinski definition) is 2. The molecule has 2 atom stereocenters. The van der Waals surface area contributed by atoms with Gasteiger partial charge in [-0.15, -0.1) is 0 Å². The Kier molecular flexibility index (Phi) is 7.16. The van der Waals surface area contributed by atoms with E-state index < -0.39 is 17.2 Å². The number of alkyl carbamates (subject to hydrolysis) is 1. The van der Waals surface area contributed by atoms with Gasteiger partial charge in [0.15, 0.2) is 5.17 Å². The van der Waals surface area contributed by atoms with E-state index in [2.05, 4.69) is 15.6 Å². The Bertz CT molecular complexity index is 1100. The van der Waals surface area contributed by atoms with Gasteiger partial charge in [0.25, 0.3) is 5.91 Å². The summed E-state index contributed by atoms with van der Waals surface area (Å²) in [4.78, 5) is 34.1. The van der Waals surface area contributed by atoms with Crippen molar-refractivity contribution in [1.29, 1.82) is 0 Å². The number of anilines is 1. The summed E-state index contributed by atoms with van der Waals surface area (Å²) >= 11 is 7.35. The molecule has 3 heterocycles. The van der Waals surface area contributed by atoms with Crippen LogP contribution in [0, 0.1) is 5.92 Å². The monoisotopic (exact) mass is 502 g/mol. The van der Waals surface area contributed by atoms with Crippen LogP contribution in [0.1, 0.15) is 43.2 Å². The van der Waals surface area contributed by atoms with E-state index in [-0.39, 0.29) is 17.5 Å². The van der Waals surface area contributed by atoms with Crippen LogP contribution in [0.3, 0.4) is 0 Å². The number of nitrogens with one attached hydrogen (secondary N) is 2. The van der Waals surface area contributed by atoms with Crippen molar-refractivity contribution in [2.75, 3.05) is 24.3 Å². The maximum Gasteiger partial charge on any atom is 0.413 e. The highest BCUT2D eigenvalue weighted by Gasteiger charge is 2.46. The molecule has 4 rings (SSSR count). The van der Waals surface area contributed by atoms with Crippen molar-refractivity contribution in [2.45, 2.75) is 38.3 Å². The molecule has 10 heteroatoms. The zero-order valence-corrected chi connectivity index (χ0v) is 20.8. The summed E-state index contributed by atoms with van der Waals surface area (Å²) in [5.74, 6) is 0.532. The molecule has 1 fully saturated rings. The molecule has 2 amide bonds. The smallest absolute Gasteiger partial charge is 0.413 e. The Labute approximate surface area is 207 Å². The van der Waals surface area contributed by atoms with Crippen LogP contribution in [0.4, 0.5) is 10.5 Å². The van der Waals surface area contributed by atoms with Crippen LogP contribution in [0.2, 0.25) is 5.02 Å². The molecule has 0 spiro atoms. The van der Waals surface area contributed by atoms with Gasteiger partial charge >= 0.3 is 6.09 Å². The molecule has 8 nitrogen and oxygen atoms in total. The Morgan fingerprint density at radius 1 is 1.24 bits per heavy atom. The Hall–Kier alpha value is -2.62. The zero-order valence-electron chi connectivity index (χ0n) is 19.3. The minimum Gasteiger partial charge on any atom is -0.444 e. The fourth-order valence-corrected chi connectivity index (χ4v) is 5.22. The molecular formula is C24H27ClN4O4S. The van der Waals surface area contributed by atoms with E-state index in [0.717, 1.165) is 11.3 Å². The third-order valence-corrected chi connectivity index (χ3v) is 6.79. The average Bonchev–Trinajstić information content (AvgIpc) is 2.78. The number of carbonyl (C=O) groups is 2. The second kappa shape index (κ2) is 9.93. The Balaban J connectivity index is 1.60.